The second kappa shape index (κ2) is 14.4. The predicted octanol–water partition coefficient (Wildman–Crippen LogP) is 3.76. The summed E-state index contributed by atoms with van der Waals surface area (Å²) in [6, 6.07) is 17.2. The molecule has 5 aliphatic rings. The second-order valence-corrected chi connectivity index (χ2v) is 15.9. The fourth-order valence-corrected chi connectivity index (χ4v) is 8.99. The minimum Gasteiger partial charge on any atom is -0.373 e. The number of hydrogen-bond donors (Lipinski definition) is 1. The van der Waals surface area contributed by atoms with E-state index in [1.807, 2.05) is 24.7 Å². The highest BCUT2D eigenvalue weighted by atomic mass is 16.5. The fourth-order valence-electron chi connectivity index (χ4n) is 8.99. The maximum absolute atomic E-state index is 13.2. The molecule has 4 amide bonds. The Balaban J connectivity index is 0.634. The van der Waals surface area contributed by atoms with Crippen molar-refractivity contribution >= 4 is 56.9 Å². The van der Waals surface area contributed by atoms with Crippen molar-refractivity contribution in [1.82, 2.24) is 29.7 Å². The van der Waals surface area contributed by atoms with E-state index in [9.17, 15) is 19.2 Å². The van der Waals surface area contributed by atoms with Crippen LogP contribution in [0.4, 0.5) is 11.5 Å². The van der Waals surface area contributed by atoms with Gasteiger partial charge >= 0.3 is 0 Å². The van der Waals surface area contributed by atoms with Gasteiger partial charge in [-0.25, -0.2) is 4.98 Å². The first-order chi connectivity index (χ1) is 27.8. The zero-order valence-electron chi connectivity index (χ0n) is 31.8. The first-order valence-electron chi connectivity index (χ1n) is 19.9. The highest BCUT2D eigenvalue weighted by molar-refractivity contribution is 6.23. The van der Waals surface area contributed by atoms with Gasteiger partial charge in [0, 0.05) is 105 Å². The number of amides is 4. The van der Waals surface area contributed by atoms with Crippen molar-refractivity contribution in [2.24, 2.45) is 7.05 Å². The number of benzene rings is 2. The standard InChI is InChI=1S/C43H44N8O6/c1-47-36-10-13-44-21-35(36)32-5-2-26(18-38(32)47)27-3-8-39(45-20-27)50-24-31(25-50)57-29-11-14-48(15-12-29)16-17-56-30-22-49(23-30)28-4-6-33-34(19-28)43(55)51(42(33)54)37-7-9-40(52)46-41(37)53/h2-6,8,10,13,18-21,29-31,37H,7,9,11-12,14-17,22-25H2,1H3,(H,46,52,53). The molecule has 14 nitrogen and oxygen atoms in total. The third-order valence-corrected chi connectivity index (χ3v) is 12.4. The summed E-state index contributed by atoms with van der Waals surface area (Å²) in [5, 5.41) is 4.61. The molecule has 0 radical (unpaired) electrons. The number of carbonyl (C=O) groups is 4. The number of nitrogens with zero attached hydrogens (tertiary/aromatic N) is 7. The van der Waals surface area contributed by atoms with Crippen LogP contribution >= 0.6 is 0 Å². The lowest BCUT2D eigenvalue weighted by atomic mass is 10.0. The lowest BCUT2D eigenvalue weighted by molar-refractivity contribution is -0.136. The van der Waals surface area contributed by atoms with Gasteiger partial charge in [0.2, 0.25) is 11.8 Å². The maximum Gasteiger partial charge on any atom is 0.262 e. The van der Waals surface area contributed by atoms with E-state index < -0.39 is 23.8 Å². The third-order valence-electron chi connectivity index (χ3n) is 12.4. The van der Waals surface area contributed by atoms with Gasteiger partial charge in [-0.2, -0.15) is 0 Å². The minimum atomic E-state index is -0.968. The number of hydrogen-bond acceptors (Lipinski definition) is 11. The van der Waals surface area contributed by atoms with Gasteiger partial charge in [0.05, 0.1) is 41.6 Å². The number of likely N-dealkylation sites (tertiary alicyclic amines) is 1. The summed E-state index contributed by atoms with van der Waals surface area (Å²) in [5.74, 6) is -1.000. The molecule has 57 heavy (non-hydrogen) atoms. The van der Waals surface area contributed by atoms with Gasteiger partial charge < -0.3 is 28.7 Å². The Hall–Kier alpha value is -5.70. The van der Waals surface area contributed by atoms with Crippen LogP contribution in [0, 0.1) is 0 Å². The van der Waals surface area contributed by atoms with Crippen LogP contribution in [-0.4, -0.2) is 125 Å². The summed E-state index contributed by atoms with van der Waals surface area (Å²) in [7, 11) is 2.10. The number of piperidine rings is 2. The Labute approximate surface area is 329 Å². The molecular formula is C43H44N8O6. The molecule has 0 spiro atoms. The molecule has 4 fully saturated rings. The van der Waals surface area contributed by atoms with Gasteiger partial charge in [-0.15, -0.1) is 0 Å². The van der Waals surface area contributed by atoms with Crippen LogP contribution in [0.1, 0.15) is 46.4 Å². The number of pyridine rings is 2. The van der Waals surface area contributed by atoms with Crippen molar-refractivity contribution in [3.63, 3.8) is 0 Å². The van der Waals surface area contributed by atoms with Crippen LogP contribution in [0.25, 0.3) is 32.9 Å². The van der Waals surface area contributed by atoms with Crippen LogP contribution < -0.4 is 15.1 Å². The van der Waals surface area contributed by atoms with E-state index in [-0.39, 0.29) is 42.6 Å². The molecule has 10 rings (SSSR count). The largest absolute Gasteiger partial charge is 0.373 e. The number of imide groups is 2. The summed E-state index contributed by atoms with van der Waals surface area (Å²) in [6.45, 7) is 6.62. The number of fused-ring (bicyclic) bond motifs is 4. The molecule has 5 aromatic rings. The lowest BCUT2D eigenvalue weighted by Crippen LogP contribution is -2.55. The maximum atomic E-state index is 13.2. The molecule has 0 saturated carbocycles. The molecule has 1 atom stereocenters. The number of aryl methyl sites for hydroxylation is 1. The van der Waals surface area contributed by atoms with E-state index in [0.717, 1.165) is 73.1 Å². The van der Waals surface area contributed by atoms with Gasteiger partial charge in [-0.05, 0) is 67.3 Å². The third kappa shape index (κ3) is 6.51. The van der Waals surface area contributed by atoms with E-state index in [2.05, 4.69) is 73.0 Å². The number of aromatic nitrogens is 3. The summed E-state index contributed by atoms with van der Waals surface area (Å²) < 4.78 is 14.9. The van der Waals surface area contributed by atoms with E-state index >= 15 is 0 Å². The number of rotatable bonds is 10. The first-order valence-corrected chi connectivity index (χ1v) is 19.9. The van der Waals surface area contributed by atoms with Crippen LogP contribution in [0.3, 0.4) is 0 Å². The van der Waals surface area contributed by atoms with Crippen LogP contribution in [0.2, 0.25) is 0 Å². The Morgan fingerprint density at radius 2 is 1.54 bits per heavy atom. The highest BCUT2D eigenvalue weighted by Crippen LogP contribution is 2.34. The Morgan fingerprint density at radius 3 is 2.33 bits per heavy atom. The van der Waals surface area contributed by atoms with Crippen molar-refractivity contribution in [1.29, 1.82) is 0 Å². The van der Waals surface area contributed by atoms with Crippen molar-refractivity contribution in [3.05, 3.63) is 84.3 Å². The quantitative estimate of drug-likeness (QED) is 0.208. The van der Waals surface area contributed by atoms with Gasteiger partial charge in [0.15, 0.2) is 0 Å². The zero-order chi connectivity index (χ0) is 38.8. The monoisotopic (exact) mass is 768 g/mol. The molecular weight excluding hydrogens is 725 g/mol. The number of ether oxygens (including phenoxy) is 2. The first kappa shape index (κ1) is 35.7. The van der Waals surface area contributed by atoms with Crippen molar-refractivity contribution in [3.8, 4) is 11.1 Å². The van der Waals surface area contributed by atoms with Crippen LogP contribution in [0.5, 0.6) is 0 Å². The van der Waals surface area contributed by atoms with Gasteiger partial charge in [-0.1, -0.05) is 12.1 Å². The SMILES string of the molecule is Cn1c2ccncc2c2ccc(-c3ccc(N4CC(OC5CCN(CCOC6CN(c7ccc8c(c7)C(=O)N(C7CCC(=O)NC7=O)C8=O)C6)CC5)C4)nc3)cc21. The van der Waals surface area contributed by atoms with Gasteiger partial charge in [-0.3, -0.25) is 34.4 Å². The van der Waals surface area contributed by atoms with Crippen LogP contribution in [0.15, 0.2) is 73.2 Å². The van der Waals surface area contributed by atoms with Gasteiger partial charge in [0.1, 0.15) is 11.9 Å². The molecule has 1 N–H and O–H groups in total. The highest BCUT2D eigenvalue weighted by Gasteiger charge is 2.45. The molecule has 0 bridgehead atoms. The second-order valence-electron chi connectivity index (χ2n) is 15.9. The van der Waals surface area contributed by atoms with E-state index in [1.165, 1.54) is 21.8 Å². The predicted molar refractivity (Wildman–Crippen MR) is 213 cm³/mol. The zero-order valence-corrected chi connectivity index (χ0v) is 31.8. The Kier molecular flexibility index (Phi) is 8.99. The fraction of sp³-hybridized carbons (Fsp3) is 0.395. The van der Waals surface area contributed by atoms with Crippen LogP contribution in [-0.2, 0) is 26.1 Å². The average Bonchev–Trinajstić information content (AvgIpc) is 3.62. The molecule has 2 aromatic carbocycles. The number of anilines is 2. The molecule has 1 unspecified atom stereocenters. The molecule has 5 aliphatic heterocycles. The summed E-state index contributed by atoms with van der Waals surface area (Å²) in [5.41, 5.74) is 6.02. The van der Waals surface area contributed by atoms with E-state index in [0.29, 0.717) is 25.3 Å². The van der Waals surface area contributed by atoms with Crippen molar-refractivity contribution in [2.75, 3.05) is 62.2 Å². The topological polar surface area (TPSA) is 142 Å². The minimum absolute atomic E-state index is 0.0951. The molecule has 4 saturated heterocycles. The van der Waals surface area contributed by atoms with Gasteiger partial charge in [0.25, 0.3) is 11.8 Å². The summed E-state index contributed by atoms with van der Waals surface area (Å²) >= 11 is 0. The summed E-state index contributed by atoms with van der Waals surface area (Å²) in [6.07, 6.45) is 8.60. The van der Waals surface area contributed by atoms with Crippen molar-refractivity contribution in [2.45, 2.75) is 50.0 Å². The van der Waals surface area contributed by atoms with E-state index in [1.54, 1.807) is 12.1 Å². The Bertz CT molecular complexity index is 2410. The number of carbonyl (C=O) groups excluding carboxylic acids is 4. The van der Waals surface area contributed by atoms with E-state index in [4.69, 9.17) is 14.5 Å². The summed E-state index contributed by atoms with van der Waals surface area (Å²) in [4.78, 5) is 67.2. The molecule has 8 heterocycles. The smallest absolute Gasteiger partial charge is 0.262 e. The molecule has 292 valence electrons. The average molecular weight is 769 g/mol. The van der Waals surface area contributed by atoms with Crippen molar-refractivity contribution < 1.29 is 28.7 Å². The molecule has 14 heteroatoms. The molecule has 0 aliphatic carbocycles. The number of nitrogens with one attached hydrogen (secondary N) is 1. The molecule has 3 aromatic heterocycles. The Morgan fingerprint density at radius 1 is 0.754 bits per heavy atom. The lowest BCUT2D eigenvalue weighted by Gasteiger charge is -2.43. The normalized spacial score (nSPS) is 21.1.